The maximum Gasteiger partial charge on any atom is 0.329 e. The largest absolute Gasteiger partial charge is 0.379 e. The summed E-state index contributed by atoms with van der Waals surface area (Å²) in [6.07, 6.45) is 0.508. The Bertz CT molecular complexity index is 543. The Labute approximate surface area is 133 Å². The van der Waals surface area contributed by atoms with E-state index in [0.29, 0.717) is 28.8 Å². The maximum absolute atomic E-state index is 12.3. The Morgan fingerprint density at radius 1 is 1.24 bits per heavy atom. The number of carbonyl (C=O) groups is 2. The van der Waals surface area contributed by atoms with E-state index in [1.807, 2.05) is 13.8 Å². The summed E-state index contributed by atoms with van der Waals surface area (Å²) in [5, 5.41) is 3.37. The van der Waals surface area contributed by atoms with Gasteiger partial charge in [-0.3, -0.25) is 4.79 Å². The minimum atomic E-state index is -0.589. The van der Waals surface area contributed by atoms with Gasteiger partial charge in [-0.05, 0) is 32.0 Å². The first-order chi connectivity index (χ1) is 9.88. The molecule has 0 unspecified atom stereocenters. The number of carbonyl (C=O) groups excluding carboxylic acids is 2. The SMILES string of the molecule is CC(C)OCC[C@H]1NC(=O)N(c2cc(Cl)cc(Cl)c2)C1=O. The fourth-order valence-electron chi connectivity index (χ4n) is 2.06. The molecule has 114 valence electrons. The van der Waals surface area contributed by atoms with E-state index in [-0.39, 0.29) is 12.0 Å². The van der Waals surface area contributed by atoms with Crippen molar-refractivity contribution in [3.8, 4) is 0 Å². The molecule has 0 bridgehead atoms. The topological polar surface area (TPSA) is 58.6 Å². The van der Waals surface area contributed by atoms with Gasteiger partial charge in [0.2, 0.25) is 0 Å². The molecule has 1 N–H and O–H groups in total. The van der Waals surface area contributed by atoms with Gasteiger partial charge in [0.15, 0.2) is 0 Å². The van der Waals surface area contributed by atoms with E-state index >= 15 is 0 Å². The average molecular weight is 331 g/mol. The molecular formula is C14H16Cl2N2O3. The van der Waals surface area contributed by atoms with Gasteiger partial charge in [-0.15, -0.1) is 0 Å². The summed E-state index contributed by atoms with van der Waals surface area (Å²) in [7, 11) is 0. The highest BCUT2D eigenvalue weighted by molar-refractivity contribution is 6.35. The molecule has 1 aliphatic heterocycles. The number of rotatable bonds is 5. The van der Waals surface area contributed by atoms with Crippen LogP contribution in [0.5, 0.6) is 0 Å². The quantitative estimate of drug-likeness (QED) is 0.843. The molecule has 21 heavy (non-hydrogen) atoms. The normalized spacial score (nSPS) is 18.5. The van der Waals surface area contributed by atoms with E-state index in [2.05, 4.69) is 5.32 Å². The maximum atomic E-state index is 12.3. The van der Waals surface area contributed by atoms with Crippen LogP contribution < -0.4 is 10.2 Å². The Morgan fingerprint density at radius 2 is 1.86 bits per heavy atom. The molecule has 7 heteroatoms. The zero-order chi connectivity index (χ0) is 15.6. The summed E-state index contributed by atoms with van der Waals surface area (Å²) >= 11 is 11.8. The van der Waals surface area contributed by atoms with Gasteiger partial charge in [0, 0.05) is 23.1 Å². The zero-order valence-electron chi connectivity index (χ0n) is 11.7. The van der Waals surface area contributed by atoms with Gasteiger partial charge in [0.25, 0.3) is 5.91 Å². The van der Waals surface area contributed by atoms with Gasteiger partial charge in [-0.25, -0.2) is 9.69 Å². The first kappa shape index (κ1) is 16.1. The van der Waals surface area contributed by atoms with E-state index < -0.39 is 12.1 Å². The van der Waals surface area contributed by atoms with Crippen LogP contribution in [-0.4, -0.2) is 30.7 Å². The molecule has 1 saturated heterocycles. The Hall–Kier alpha value is -1.30. The second-order valence-corrected chi connectivity index (χ2v) is 5.88. The van der Waals surface area contributed by atoms with Crippen molar-refractivity contribution in [1.29, 1.82) is 0 Å². The molecule has 1 atom stereocenters. The van der Waals surface area contributed by atoms with Crippen LogP contribution in [0.2, 0.25) is 10.0 Å². The number of urea groups is 1. The number of ether oxygens (including phenoxy) is 1. The standard InChI is InChI=1S/C14H16Cl2N2O3/c1-8(2)21-4-3-12-13(19)18(14(20)17-12)11-6-9(15)5-10(16)7-11/h5-8,12H,3-4H2,1-2H3,(H,17,20)/t12-/m1/s1. The van der Waals surface area contributed by atoms with Crippen molar-refractivity contribution >= 4 is 40.8 Å². The van der Waals surface area contributed by atoms with Crippen LogP contribution in [0, 0.1) is 0 Å². The van der Waals surface area contributed by atoms with Crippen molar-refractivity contribution < 1.29 is 14.3 Å². The number of anilines is 1. The molecule has 5 nitrogen and oxygen atoms in total. The van der Waals surface area contributed by atoms with Crippen LogP contribution in [0.15, 0.2) is 18.2 Å². The summed E-state index contributed by atoms with van der Waals surface area (Å²) in [4.78, 5) is 25.4. The van der Waals surface area contributed by atoms with E-state index in [0.717, 1.165) is 4.90 Å². The number of halogens is 2. The van der Waals surface area contributed by atoms with Crippen molar-refractivity contribution in [3.63, 3.8) is 0 Å². The molecule has 0 aromatic heterocycles. The van der Waals surface area contributed by atoms with Crippen molar-refractivity contribution in [2.45, 2.75) is 32.4 Å². The predicted octanol–water partition coefficient (Wildman–Crippen LogP) is 3.23. The van der Waals surface area contributed by atoms with Crippen LogP contribution in [0.25, 0.3) is 0 Å². The molecule has 2 rings (SSSR count). The first-order valence-corrected chi connectivity index (χ1v) is 7.36. The fourth-order valence-corrected chi connectivity index (χ4v) is 2.58. The van der Waals surface area contributed by atoms with Gasteiger partial charge in [-0.1, -0.05) is 23.2 Å². The number of hydrogen-bond acceptors (Lipinski definition) is 3. The van der Waals surface area contributed by atoms with E-state index in [4.69, 9.17) is 27.9 Å². The number of nitrogens with one attached hydrogen (secondary N) is 1. The third-order valence-corrected chi connectivity index (χ3v) is 3.42. The van der Waals surface area contributed by atoms with Crippen molar-refractivity contribution in [3.05, 3.63) is 28.2 Å². The minimum Gasteiger partial charge on any atom is -0.379 e. The third-order valence-electron chi connectivity index (χ3n) is 2.98. The van der Waals surface area contributed by atoms with Gasteiger partial charge in [0.1, 0.15) is 6.04 Å². The number of nitrogens with zero attached hydrogens (tertiary/aromatic N) is 1. The molecule has 1 aromatic carbocycles. The second-order valence-electron chi connectivity index (χ2n) is 5.01. The van der Waals surface area contributed by atoms with Crippen LogP contribution >= 0.6 is 23.2 Å². The summed E-state index contributed by atoms with van der Waals surface area (Å²) in [5.41, 5.74) is 0.363. The number of amides is 3. The van der Waals surface area contributed by atoms with Crippen molar-refractivity contribution in [2.75, 3.05) is 11.5 Å². The van der Waals surface area contributed by atoms with Crippen LogP contribution in [0.3, 0.4) is 0 Å². The lowest BCUT2D eigenvalue weighted by molar-refractivity contribution is -0.118. The minimum absolute atomic E-state index is 0.0834. The number of benzene rings is 1. The molecule has 0 radical (unpaired) electrons. The lowest BCUT2D eigenvalue weighted by Crippen LogP contribution is -2.32. The molecule has 1 fully saturated rings. The lowest BCUT2D eigenvalue weighted by Gasteiger charge is -2.14. The molecule has 1 heterocycles. The fraction of sp³-hybridized carbons (Fsp3) is 0.429. The lowest BCUT2D eigenvalue weighted by atomic mass is 10.2. The molecule has 0 aliphatic carbocycles. The summed E-state index contributed by atoms with van der Waals surface area (Å²) in [6, 6.07) is 3.52. The molecule has 1 aliphatic rings. The average Bonchev–Trinajstić information content (AvgIpc) is 2.62. The zero-order valence-corrected chi connectivity index (χ0v) is 13.2. The Kier molecular flexibility index (Phi) is 5.08. The van der Waals surface area contributed by atoms with E-state index in [1.54, 1.807) is 6.07 Å². The molecule has 3 amide bonds. The molecule has 1 aromatic rings. The summed E-state index contributed by atoms with van der Waals surface area (Å²) in [6.45, 7) is 4.23. The van der Waals surface area contributed by atoms with Crippen molar-refractivity contribution in [2.24, 2.45) is 0 Å². The van der Waals surface area contributed by atoms with Crippen LogP contribution in [0.4, 0.5) is 10.5 Å². The third kappa shape index (κ3) is 3.87. The van der Waals surface area contributed by atoms with Gasteiger partial charge < -0.3 is 10.1 Å². The first-order valence-electron chi connectivity index (χ1n) is 6.60. The molecule has 0 spiro atoms. The Balaban J connectivity index is 2.11. The highest BCUT2D eigenvalue weighted by atomic mass is 35.5. The van der Waals surface area contributed by atoms with Crippen LogP contribution in [0.1, 0.15) is 20.3 Å². The van der Waals surface area contributed by atoms with Crippen molar-refractivity contribution in [1.82, 2.24) is 5.32 Å². The molecular weight excluding hydrogens is 315 g/mol. The van der Waals surface area contributed by atoms with Gasteiger partial charge in [0.05, 0.1) is 11.8 Å². The summed E-state index contributed by atoms with van der Waals surface area (Å²) < 4.78 is 5.40. The van der Waals surface area contributed by atoms with Gasteiger partial charge >= 0.3 is 6.03 Å². The number of imide groups is 1. The molecule has 0 saturated carbocycles. The van der Waals surface area contributed by atoms with Gasteiger partial charge in [-0.2, -0.15) is 0 Å². The monoisotopic (exact) mass is 330 g/mol. The Morgan fingerprint density at radius 3 is 2.43 bits per heavy atom. The highest BCUT2D eigenvalue weighted by Gasteiger charge is 2.38. The predicted molar refractivity (Wildman–Crippen MR) is 82.0 cm³/mol. The van der Waals surface area contributed by atoms with E-state index in [9.17, 15) is 9.59 Å². The second kappa shape index (κ2) is 6.64. The van der Waals surface area contributed by atoms with E-state index in [1.165, 1.54) is 12.1 Å². The summed E-state index contributed by atoms with van der Waals surface area (Å²) in [5.74, 6) is -0.328. The highest BCUT2D eigenvalue weighted by Crippen LogP contribution is 2.28. The smallest absolute Gasteiger partial charge is 0.329 e. The van der Waals surface area contributed by atoms with Crippen LogP contribution in [-0.2, 0) is 9.53 Å². The number of hydrogen-bond donors (Lipinski definition) is 1.